The maximum absolute atomic E-state index is 10.5. The summed E-state index contributed by atoms with van der Waals surface area (Å²) in [6, 6.07) is 14.0. The van der Waals surface area contributed by atoms with Crippen LogP contribution < -0.4 is 0 Å². The third-order valence-corrected chi connectivity index (χ3v) is 3.92. The molecule has 0 aromatic heterocycles. The summed E-state index contributed by atoms with van der Waals surface area (Å²) in [5.74, 6) is 0. The fraction of sp³-hybridized carbons (Fsp3) is 0.250. The summed E-state index contributed by atoms with van der Waals surface area (Å²) in [4.78, 5) is 0. The van der Waals surface area contributed by atoms with Gasteiger partial charge in [0.2, 0.25) is 0 Å². The van der Waals surface area contributed by atoms with Gasteiger partial charge in [0.05, 0.1) is 0 Å². The topological polar surface area (TPSA) is 20.2 Å². The van der Waals surface area contributed by atoms with Crippen LogP contribution in [0, 0.1) is 0 Å². The van der Waals surface area contributed by atoms with Gasteiger partial charge in [0.1, 0.15) is 6.10 Å². The van der Waals surface area contributed by atoms with Crippen LogP contribution in [0.25, 0.3) is 0 Å². The Kier molecular flexibility index (Phi) is 5.20. The van der Waals surface area contributed by atoms with Gasteiger partial charge in [-0.15, -0.1) is 0 Å². The van der Waals surface area contributed by atoms with Gasteiger partial charge in [-0.3, -0.25) is 0 Å². The third-order valence-electron chi connectivity index (χ3n) is 3.01. The first-order chi connectivity index (χ1) is 9.10. The van der Waals surface area contributed by atoms with Gasteiger partial charge < -0.3 is 5.11 Å². The first-order valence-corrected chi connectivity index (χ1v) is 7.91. The van der Waals surface area contributed by atoms with Crippen molar-refractivity contribution in [2.75, 3.05) is 0 Å². The zero-order valence-electron chi connectivity index (χ0n) is 10.7. The summed E-state index contributed by atoms with van der Waals surface area (Å²) in [6.45, 7) is 2.16. The molecule has 0 amide bonds. The summed E-state index contributed by atoms with van der Waals surface area (Å²) < 4.78 is 1.92. The Morgan fingerprint density at radius 3 is 2.32 bits per heavy atom. The van der Waals surface area contributed by atoms with E-state index in [0.717, 1.165) is 32.9 Å². The van der Waals surface area contributed by atoms with Crippen LogP contribution in [0.5, 0.6) is 0 Å². The molecule has 19 heavy (non-hydrogen) atoms. The molecule has 0 aliphatic carbocycles. The second kappa shape index (κ2) is 6.69. The lowest BCUT2D eigenvalue weighted by molar-refractivity contribution is 0.220. The largest absolute Gasteiger partial charge is 0.384 e. The number of hydrogen-bond acceptors (Lipinski definition) is 1. The first-order valence-electron chi connectivity index (χ1n) is 6.33. The van der Waals surface area contributed by atoms with Gasteiger partial charge in [-0.1, -0.05) is 69.5 Å². The molecule has 0 fully saturated rings. The van der Waals surface area contributed by atoms with Gasteiger partial charge in [0, 0.05) is 8.95 Å². The van der Waals surface area contributed by atoms with Crippen molar-refractivity contribution in [3.05, 3.63) is 68.1 Å². The van der Waals surface area contributed by atoms with Crippen molar-refractivity contribution in [1.82, 2.24) is 0 Å². The molecule has 2 rings (SSSR count). The molecule has 2 aromatic carbocycles. The number of aliphatic hydroxyl groups excluding tert-OH is 1. The fourth-order valence-corrected chi connectivity index (χ4v) is 3.46. The van der Waals surface area contributed by atoms with E-state index in [-0.39, 0.29) is 0 Å². The number of rotatable bonds is 4. The summed E-state index contributed by atoms with van der Waals surface area (Å²) in [7, 11) is 0. The molecule has 1 atom stereocenters. The lowest BCUT2D eigenvalue weighted by Gasteiger charge is -2.13. The second-order valence-corrected chi connectivity index (χ2v) is 6.43. The zero-order valence-corrected chi connectivity index (χ0v) is 13.9. The molecule has 3 heteroatoms. The minimum atomic E-state index is -0.592. The molecule has 0 radical (unpaired) electrons. The van der Waals surface area contributed by atoms with E-state index in [9.17, 15) is 5.11 Å². The normalized spacial score (nSPS) is 12.4. The summed E-state index contributed by atoms with van der Waals surface area (Å²) >= 11 is 6.90. The highest BCUT2D eigenvalue weighted by Gasteiger charge is 2.12. The van der Waals surface area contributed by atoms with Crippen molar-refractivity contribution in [2.45, 2.75) is 25.9 Å². The Balaban J connectivity index is 2.32. The first kappa shape index (κ1) is 14.8. The Labute approximate surface area is 130 Å². The van der Waals surface area contributed by atoms with Crippen LogP contribution in [-0.2, 0) is 6.42 Å². The van der Waals surface area contributed by atoms with Crippen molar-refractivity contribution in [1.29, 1.82) is 0 Å². The molecule has 0 heterocycles. The van der Waals surface area contributed by atoms with Gasteiger partial charge >= 0.3 is 0 Å². The summed E-state index contributed by atoms with van der Waals surface area (Å²) in [5.41, 5.74) is 3.10. The minimum Gasteiger partial charge on any atom is -0.384 e. The Morgan fingerprint density at radius 2 is 1.68 bits per heavy atom. The molecule has 0 saturated carbocycles. The molecule has 0 bridgehead atoms. The van der Waals surface area contributed by atoms with Crippen molar-refractivity contribution < 1.29 is 5.11 Å². The maximum atomic E-state index is 10.5. The van der Waals surface area contributed by atoms with Gasteiger partial charge in [-0.2, -0.15) is 0 Å². The zero-order chi connectivity index (χ0) is 13.8. The predicted octanol–water partition coefficient (Wildman–Crippen LogP) is 5.25. The Hall–Kier alpha value is -0.640. The number of halogens is 2. The average molecular weight is 384 g/mol. The van der Waals surface area contributed by atoms with E-state index in [1.807, 2.05) is 30.3 Å². The van der Waals surface area contributed by atoms with Crippen LogP contribution in [0.3, 0.4) is 0 Å². The molecule has 0 spiro atoms. The lowest BCUT2D eigenvalue weighted by Crippen LogP contribution is -2.00. The number of hydrogen-bond donors (Lipinski definition) is 1. The lowest BCUT2D eigenvalue weighted by atomic mass is 9.98. The quantitative estimate of drug-likeness (QED) is 0.764. The van der Waals surface area contributed by atoms with E-state index < -0.39 is 6.10 Å². The van der Waals surface area contributed by atoms with Crippen LogP contribution in [-0.4, -0.2) is 5.11 Å². The van der Waals surface area contributed by atoms with Crippen LogP contribution in [0.2, 0.25) is 0 Å². The highest BCUT2D eigenvalue weighted by Crippen LogP contribution is 2.28. The molecular formula is C16H16Br2O. The van der Waals surface area contributed by atoms with E-state index in [1.54, 1.807) is 0 Å². The minimum absolute atomic E-state index is 0.592. The third kappa shape index (κ3) is 3.91. The molecular weight excluding hydrogens is 368 g/mol. The van der Waals surface area contributed by atoms with Crippen LogP contribution in [0.1, 0.15) is 36.1 Å². The smallest absolute Gasteiger partial charge is 0.104 e. The van der Waals surface area contributed by atoms with E-state index >= 15 is 0 Å². The van der Waals surface area contributed by atoms with Crippen LogP contribution in [0.15, 0.2) is 51.4 Å². The molecule has 1 N–H and O–H groups in total. The number of aryl methyl sites for hydroxylation is 1. The molecule has 0 saturated heterocycles. The summed E-state index contributed by atoms with van der Waals surface area (Å²) in [5, 5.41) is 10.5. The Morgan fingerprint density at radius 1 is 1.00 bits per heavy atom. The van der Waals surface area contributed by atoms with Crippen molar-refractivity contribution >= 4 is 31.9 Å². The second-order valence-electron chi connectivity index (χ2n) is 4.60. The Bertz CT molecular complexity index is 546. The van der Waals surface area contributed by atoms with Gasteiger partial charge in [-0.25, -0.2) is 0 Å². The number of aliphatic hydroxyl groups is 1. The maximum Gasteiger partial charge on any atom is 0.104 e. The van der Waals surface area contributed by atoms with E-state index in [1.165, 1.54) is 5.56 Å². The highest BCUT2D eigenvalue weighted by atomic mass is 79.9. The number of benzene rings is 2. The standard InChI is InChI=1S/C16H16Br2O/c1-2-4-11-5-3-6-12(7-11)16(19)13-8-14(17)10-15(18)9-13/h3,5-10,16,19H,2,4H2,1H3. The molecule has 0 aliphatic heterocycles. The molecule has 1 nitrogen and oxygen atoms in total. The van der Waals surface area contributed by atoms with Crippen molar-refractivity contribution in [3.8, 4) is 0 Å². The fourth-order valence-electron chi connectivity index (χ4n) is 2.13. The van der Waals surface area contributed by atoms with E-state index in [4.69, 9.17) is 0 Å². The highest BCUT2D eigenvalue weighted by molar-refractivity contribution is 9.11. The molecule has 0 aliphatic rings. The van der Waals surface area contributed by atoms with E-state index in [0.29, 0.717) is 0 Å². The van der Waals surface area contributed by atoms with Gasteiger partial charge in [0.25, 0.3) is 0 Å². The van der Waals surface area contributed by atoms with Crippen LogP contribution >= 0.6 is 31.9 Å². The van der Waals surface area contributed by atoms with E-state index in [2.05, 4.69) is 50.9 Å². The molecule has 100 valence electrons. The van der Waals surface area contributed by atoms with Crippen molar-refractivity contribution in [2.24, 2.45) is 0 Å². The summed E-state index contributed by atoms with van der Waals surface area (Å²) in [6.07, 6.45) is 1.57. The van der Waals surface area contributed by atoms with Crippen molar-refractivity contribution in [3.63, 3.8) is 0 Å². The molecule has 2 aromatic rings. The average Bonchev–Trinajstić information content (AvgIpc) is 2.37. The SMILES string of the molecule is CCCc1cccc(C(O)c2cc(Br)cc(Br)c2)c1. The predicted molar refractivity (Wildman–Crippen MR) is 86.3 cm³/mol. The van der Waals surface area contributed by atoms with Gasteiger partial charge in [-0.05, 0) is 41.3 Å². The monoisotopic (exact) mass is 382 g/mol. The molecule has 1 unspecified atom stereocenters. The van der Waals surface area contributed by atoms with Gasteiger partial charge in [0.15, 0.2) is 0 Å². The van der Waals surface area contributed by atoms with Crippen LogP contribution in [0.4, 0.5) is 0 Å².